The molecule has 0 aliphatic carbocycles. The minimum absolute atomic E-state index is 0.0961. The van der Waals surface area contributed by atoms with Crippen molar-refractivity contribution in [1.29, 1.82) is 0 Å². The molecule has 0 aromatic rings. The van der Waals surface area contributed by atoms with Gasteiger partial charge in [0.2, 0.25) is 0 Å². The lowest BCUT2D eigenvalue weighted by Crippen LogP contribution is -2.30. The van der Waals surface area contributed by atoms with E-state index in [0.29, 0.717) is 19.3 Å². The Kier molecular flexibility index (Phi) is 50.0. The van der Waals surface area contributed by atoms with Crippen LogP contribution in [0, 0.1) is 0 Å². The molecule has 0 aliphatic rings. The maximum atomic E-state index is 12.8. The Morgan fingerprint density at radius 1 is 0.323 bits per heavy atom. The maximum Gasteiger partial charge on any atom is 0.306 e. The highest BCUT2D eigenvalue weighted by molar-refractivity contribution is 5.71. The van der Waals surface area contributed by atoms with Crippen LogP contribution < -0.4 is 0 Å². The van der Waals surface area contributed by atoms with Gasteiger partial charge in [0.1, 0.15) is 13.2 Å². The molecule has 370 valence electrons. The third-order valence-electron chi connectivity index (χ3n) is 11.2. The molecule has 0 amide bonds. The third-order valence-corrected chi connectivity index (χ3v) is 11.2. The number of rotatable bonds is 47. The molecule has 0 heterocycles. The number of allylic oxidation sites excluding steroid dienone is 16. The van der Waals surface area contributed by atoms with Crippen LogP contribution in [0.3, 0.4) is 0 Å². The number of ether oxygens (including phenoxy) is 3. The molecule has 0 rings (SSSR count). The minimum Gasteiger partial charge on any atom is -0.462 e. The zero-order valence-corrected chi connectivity index (χ0v) is 42.2. The number of unbranched alkanes of at least 4 members (excludes halogenated alkanes) is 26. The lowest BCUT2D eigenvalue weighted by Gasteiger charge is -2.18. The Morgan fingerprint density at radius 3 is 1.00 bits per heavy atom. The summed E-state index contributed by atoms with van der Waals surface area (Å²) in [4.78, 5) is 38.0. The molecule has 0 saturated carbocycles. The summed E-state index contributed by atoms with van der Waals surface area (Å²) in [5, 5.41) is 0. The molecule has 6 heteroatoms. The van der Waals surface area contributed by atoms with Crippen molar-refractivity contribution in [2.24, 2.45) is 0 Å². The lowest BCUT2D eigenvalue weighted by atomic mass is 10.0. The first kappa shape index (κ1) is 61.3. The van der Waals surface area contributed by atoms with E-state index in [9.17, 15) is 14.4 Å². The van der Waals surface area contributed by atoms with Crippen LogP contribution in [0.1, 0.15) is 239 Å². The van der Waals surface area contributed by atoms with Gasteiger partial charge in [0.25, 0.3) is 0 Å². The highest BCUT2D eigenvalue weighted by Crippen LogP contribution is 2.15. The monoisotopic (exact) mass is 903 g/mol. The average Bonchev–Trinajstić information content (AvgIpc) is 3.30. The Hall–Kier alpha value is -3.67. The van der Waals surface area contributed by atoms with E-state index in [4.69, 9.17) is 14.2 Å². The van der Waals surface area contributed by atoms with E-state index in [1.165, 1.54) is 89.9 Å². The summed E-state index contributed by atoms with van der Waals surface area (Å²) in [6.45, 7) is 6.38. The van der Waals surface area contributed by atoms with Gasteiger partial charge in [0.05, 0.1) is 0 Å². The summed E-state index contributed by atoms with van der Waals surface area (Å²) in [7, 11) is 0. The van der Waals surface area contributed by atoms with E-state index in [-0.39, 0.29) is 31.1 Å². The Morgan fingerprint density at radius 2 is 0.631 bits per heavy atom. The maximum absolute atomic E-state index is 12.8. The molecule has 0 N–H and O–H groups in total. The number of esters is 3. The quantitative estimate of drug-likeness (QED) is 0.0262. The lowest BCUT2D eigenvalue weighted by molar-refractivity contribution is -0.167. The number of hydrogen-bond acceptors (Lipinski definition) is 6. The van der Waals surface area contributed by atoms with Gasteiger partial charge in [0, 0.05) is 19.3 Å². The van der Waals surface area contributed by atoms with Gasteiger partial charge in [-0.2, -0.15) is 0 Å². The van der Waals surface area contributed by atoms with Gasteiger partial charge in [-0.15, -0.1) is 0 Å². The summed E-state index contributed by atoms with van der Waals surface area (Å²) in [5.41, 5.74) is 0. The fourth-order valence-corrected chi connectivity index (χ4v) is 7.24. The largest absolute Gasteiger partial charge is 0.462 e. The van der Waals surface area contributed by atoms with E-state index in [0.717, 1.165) is 109 Å². The van der Waals surface area contributed by atoms with E-state index < -0.39 is 6.10 Å². The summed E-state index contributed by atoms with van der Waals surface area (Å²) in [6.07, 6.45) is 69.5. The van der Waals surface area contributed by atoms with Crippen LogP contribution in [0.25, 0.3) is 0 Å². The minimum atomic E-state index is -0.796. The summed E-state index contributed by atoms with van der Waals surface area (Å²) in [6, 6.07) is 0. The van der Waals surface area contributed by atoms with Crippen LogP contribution in [0.2, 0.25) is 0 Å². The van der Waals surface area contributed by atoms with Crippen LogP contribution in [-0.4, -0.2) is 37.2 Å². The zero-order chi connectivity index (χ0) is 47.2. The molecule has 65 heavy (non-hydrogen) atoms. The molecule has 6 nitrogen and oxygen atoms in total. The Balaban J connectivity index is 4.46. The van der Waals surface area contributed by atoms with Crippen LogP contribution in [0.4, 0.5) is 0 Å². The molecule has 1 atom stereocenters. The van der Waals surface area contributed by atoms with Crippen molar-refractivity contribution in [2.45, 2.75) is 245 Å². The van der Waals surface area contributed by atoms with Gasteiger partial charge < -0.3 is 14.2 Å². The van der Waals surface area contributed by atoms with Crippen LogP contribution in [-0.2, 0) is 28.6 Å². The van der Waals surface area contributed by atoms with E-state index in [1.54, 1.807) is 0 Å². The van der Waals surface area contributed by atoms with E-state index in [2.05, 4.69) is 93.7 Å². The first-order valence-electron chi connectivity index (χ1n) is 26.8. The Labute approximate surface area is 400 Å². The third kappa shape index (κ3) is 51.2. The smallest absolute Gasteiger partial charge is 0.306 e. The predicted octanol–water partition coefficient (Wildman–Crippen LogP) is 17.8. The zero-order valence-electron chi connectivity index (χ0n) is 42.2. The summed E-state index contributed by atoms with van der Waals surface area (Å²) in [5.74, 6) is -0.938. The fourth-order valence-electron chi connectivity index (χ4n) is 7.24. The normalized spacial score (nSPS) is 12.8. The highest BCUT2D eigenvalue weighted by atomic mass is 16.6. The SMILES string of the molecule is CC/C=C/C=C/C=C/CCCCCCCC(=O)OCC(COC(=O)CCCCCCC/C=C/C=C/C=C/C=C/C=C/CCC)OC(=O)CCCCCCCCCCCCCCCCCC. The molecule has 0 aromatic carbocycles. The standard InChI is InChI=1S/C59H98O6/c1-4-7-10-13-16-19-22-25-27-29-30-32-34-37-40-43-46-49-52-58(61)64-55-56(54-63-57(60)51-48-45-42-39-36-33-24-21-18-15-12-9-6-3)65-59(62)53-50-47-44-41-38-35-31-28-26-23-20-17-14-11-8-5-2/h9-10,12-13,15-16,18-19,21-22,24-25,27,29-30,32,56H,4-8,11,14,17,20,23,26,28,31,33-55H2,1-3H3/b12-9+,13-10+,18-15+,19-16+,24-21+,25-22+,29-27+,32-30+. The van der Waals surface area contributed by atoms with Gasteiger partial charge in [0.15, 0.2) is 6.10 Å². The molecule has 0 bridgehead atoms. The van der Waals surface area contributed by atoms with Gasteiger partial charge >= 0.3 is 17.9 Å². The molecule has 0 aromatic heterocycles. The molecule has 0 spiro atoms. The van der Waals surface area contributed by atoms with Crippen molar-refractivity contribution in [3.8, 4) is 0 Å². The molecule has 1 unspecified atom stereocenters. The number of carbonyl (C=O) groups excluding carboxylic acids is 3. The second kappa shape index (κ2) is 52.9. The summed E-state index contributed by atoms with van der Waals surface area (Å²) < 4.78 is 16.8. The van der Waals surface area contributed by atoms with Crippen molar-refractivity contribution in [3.63, 3.8) is 0 Å². The molecule has 0 fully saturated rings. The topological polar surface area (TPSA) is 78.9 Å². The molecule has 0 radical (unpaired) electrons. The second-order valence-corrected chi connectivity index (χ2v) is 17.6. The average molecular weight is 903 g/mol. The van der Waals surface area contributed by atoms with E-state index >= 15 is 0 Å². The predicted molar refractivity (Wildman–Crippen MR) is 279 cm³/mol. The van der Waals surface area contributed by atoms with Gasteiger partial charge in [-0.3, -0.25) is 14.4 Å². The van der Waals surface area contributed by atoms with Crippen LogP contribution in [0.5, 0.6) is 0 Å². The van der Waals surface area contributed by atoms with Crippen molar-refractivity contribution in [2.75, 3.05) is 13.2 Å². The Bertz CT molecular complexity index is 1310. The van der Waals surface area contributed by atoms with Crippen molar-refractivity contribution < 1.29 is 28.6 Å². The van der Waals surface area contributed by atoms with Gasteiger partial charge in [-0.05, 0) is 57.8 Å². The highest BCUT2D eigenvalue weighted by Gasteiger charge is 2.19. The van der Waals surface area contributed by atoms with Crippen molar-refractivity contribution >= 4 is 17.9 Å². The second-order valence-electron chi connectivity index (χ2n) is 17.6. The first-order valence-corrected chi connectivity index (χ1v) is 26.8. The molecule has 0 saturated heterocycles. The van der Waals surface area contributed by atoms with E-state index in [1.807, 2.05) is 24.3 Å². The van der Waals surface area contributed by atoms with Crippen LogP contribution >= 0.6 is 0 Å². The first-order chi connectivity index (χ1) is 32.0. The molecular weight excluding hydrogens is 805 g/mol. The summed E-state index contributed by atoms with van der Waals surface area (Å²) >= 11 is 0. The van der Waals surface area contributed by atoms with Gasteiger partial charge in [-0.1, -0.05) is 259 Å². The van der Waals surface area contributed by atoms with Gasteiger partial charge in [-0.25, -0.2) is 0 Å². The van der Waals surface area contributed by atoms with Crippen molar-refractivity contribution in [3.05, 3.63) is 97.2 Å². The molecular formula is C59H98O6. The van der Waals surface area contributed by atoms with Crippen molar-refractivity contribution in [1.82, 2.24) is 0 Å². The fraction of sp³-hybridized carbons (Fsp3) is 0.678. The number of carbonyl (C=O) groups is 3. The van der Waals surface area contributed by atoms with Crippen LogP contribution in [0.15, 0.2) is 97.2 Å². The molecule has 0 aliphatic heterocycles. The number of hydrogen-bond donors (Lipinski definition) is 0.